The minimum absolute atomic E-state index is 0.166. The van der Waals surface area contributed by atoms with Crippen LogP contribution < -0.4 is 14.8 Å². The van der Waals surface area contributed by atoms with Gasteiger partial charge in [-0.15, -0.1) is 10.2 Å². The van der Waals surface area contributed by atoms with Gasteiger partial charge in [0.05, 0.1) is 23.6 Å². The maximum atomic E-state index is 12.3. The molecule has 0 aliphatic heterocycles. The number of para-hydroxylation sites is 2. The van der Waals surface area contributed by atoms with Gasteiger partial charge in [-0.2, -0.15) is 0 Å². The van der Waals surface area contributed by atoms with E-state index in [0.717, 1.165) is 0 Å². The number of thioether (sulfide) groups is 1. The molecule has 10 heteroatoms. The predicted octanol–water partition coefficient (Wildman–Crippen LogP) is 4.92. The van der Waals surface area contributed by atoms with Crippen molar-refractivity contribution in [3.8, 4) is 11.5 Å². The number of nitrogens with zero attached hydrogens (tertiary/aromatic N) is 3. The zero-order valence-corrected chi connectivity index (χ0v) is 18.7. The number of anilines is 1. The minimum atomic E-state index is -0.166. The summed E-state index contributed by atoms with van der Waals surface area (Å²) >= 11 is 13.3. The Morgan fingerprint density at radius 2 is 1.97 bits per heavy atom. The van der Waals surface area contributed by atoms with Crippen molar-refractivity contribution in [3.05, 3.63) is 58.3 Å². The van der Waals surface area contributed by atoms with Crippen molar-refractivity contribution in [1.29, 1.82) is 0 Å². The van der Waals surface area contributed by atoms with Crippen LogP contribution in [0.2, 0.25) is 10.0 Å². The molecule has 2 aromatic carbocycles. The first-order valence-corrected chi connectivity index (χ1v) is 10.8. The number of carbonyl (C=O) groups excluding carboxylic acids is 1. The maximum Gasteiger partial charge on any atom is 0.234 e. The van der Waals surface area contributed by atoms with E-state index in [-0.39, 0.29) is 18.3 Å². The summed E-state index contributed by atoms with van der Waals surface area (Å²) in [5.41, 5.74) is 0.622. The van der Waals surface area contributed by atoms with E-state index in [2.05, 4.69) is 15.5 Å². The van der Waals surface area contributed by atoms with Crippen molar-refractivity contribution in [3.63, 3.8) is 0 Å². The van der Waals surface area contributed by atoms with Gasteiger partial charge in [0.1, 0.15) is 18.1 Å². The lowest BCUT2D eigenvalue weighted by molar-refractivity contribution is -0.113. The first-order valence-electron chi connectivity index (χ1n) is 9.07. The Hall–Kier alpha value is -2.42. The average Bonchev–Trinajstić information content (AvgIpc) is 3.14. The van der Waals surface area contributed by atoms with Gasteiger partial charge in [-0.1, -0.05) is 47.1 Å². The fourth-order valence-electron chi connectivity index (χ4n) is 2.65. The van der Waals surface area contributed by atoms with E-state index in [1.807, 2.05) is 23.6 Å². The van der Waals surface area contributed by atoms with Crippen LogP contribution in [0.25, 0.3) is 0 Å². The van der Waals surface area contributed by atoms with E-state index in [9.17, 15) is 4.79 Å². The predicted molar refractivity (Wildman–Crippen MR) is 119 cm³/mol. The van der Waals surface area contributed by atoms with Crippen LogP contribution in [0.1, 0.15) is 12.7 Å². The molecule has 7 nitrogen and oxygen atoms in total. The van der Waals surface area contributed by atoms with Crippen molar-refractivity contribution in [2.45, 2.75) is 25.2 Å². The Labute approximate surface area is 188 Å². The van der Waals surface area contributed by atoms with Crippen LogP contribution in [0.4, 0.5) is 5.69 Å². The highest BCUT2D eigenvalue weighted by atomic mass is 35.5. The number of nitrogens with one attached hydrogen (secondary N) is 1. The van der Waals surface area contributed by atoms with E-state index in [0.29, 0.717) is 44.8 Å². The molecule has 0 unspecified atom stereocenters. The first-order chi connectivity index (χ1) is 14.5. The third-order valence-corrected chi connectivity index (χ3v) is 5.57. The lowest BCUT2D eigenvalue weighted by Crippen LogP contribution is -2.15. The third-order valence-electron chi connectivity index (χ3n) is 4.07. The Balaban J connectivity index is 1.60. The number of hydrogen-bond donors (Lipinski definition) is 1. The molecule has 1 heterocycles. The SMILES string of the molecule is CCn1c(COc2ccc(Cl)cc2Cl)nnc1SCC(=O)Nc1ccccc1OC. The Morgan fingerprint density at radius 3 is 2.70 bits per heavy atom. The Bertz CT molecular complexity index is 1030. The van der Waals surface area contributed by atoms with Crippen LogP contribution in [0.15, 0.2) is 47.6 Å². The molecule has 1 aromatic heterocycles. The number of amides is 1. The normalized spacial score (nSPS) is 10.7. The summed E-state index contributed by atoms with van der Waals surface area (Å²) in [6.07, 6.45) is 0. The molecule has 0 spiro atoms. The monoisotopic (exact) mass is 466 g/mol. The van der Waals surface area contributed by atoms with E-state index in [1.54, 1.807) is 37.4 Å². The molecule has 3 rings (SSSR count). The van der Waals surface area contributed by atoms with Crippen molar-refractivity contribution >= 4 is 46.6 Å². The second-order valence-electron chi connectivity index (χ2n) is 6.04. The van der Waals surface area contributed by atoms with Crippen LogP contribution in [0, 0.1) is 0 Å². The summed E-state index contributed by atoms with van der Waals surface area (Å²) in [7, 11) is 1.56. The maximum absolute atomic E-state index is 12.3. The largest absolute Gasteiger partial charge is 0.495 e. The van der Waals surface area contributed by atoms with Gasteiger partial charge in [0.15, 0.2) is 11.0 Å². The topological polar surface area (TPSA) is 78.3 Å². The highest BCUT2D eigenvalue weighted by Gasteiger charge is 2.15. The molecule has 0 fully saturated rings. The lowest BCUT2D eigenvalue weighted by Gasteiger charge is -2.11. The second kappa shape index (κ2) is 10.6. The van der Waals surface area contributed by atoms with Crippen molar-refractivity contribution < 1.29 is 14.3 Å². The van der Waals surface area contributed by atoms with Crippen LogP contribution in [0.5, 0.6) is 11.5 Å². The van der Waals surface area contributed by atoms with Gasteiger partial charge in [-0.25, -0.2) is 0 Å². The zero-order valence-electron chi connectivity index (χ0n) is 16.4. The fraction of sp³-hybridized carbons (Fsp3) is 0.250. The highest BCUT2D eigenvalue weighted by molar-refractivity contribution is 7.99. The number of methoxy groups -OCH3 is 1. The van der Waals surface area contributed by atoms with Gasteiger partial charge in [0.2, 0.25) is 5.91 Å². The Morgan fingerprint density at radius 1 is 1.17 bits per heavy atom. The quantitative estimate of drug-likeness (QED) is 0.450. The molecular weight excluding hydrogens is 447 g/mol. The first kappa shape index (κ1) is 22.3. The number of hydrogen-bond acceptors (Lipinski definition) is 6. The lowest BCUT2D eigenvalue weighted by atomic mass is 10.3. The van der Waals surface area contributed by atoms with E-state index >= 15 is 0 Å². The van der Waals surface area contributed by atoms with Gasteiger partial charge in [0, 0.05) is 11.6 Å². The molecular formula is C20H20Cl2N4O3S. The minimum Gasteiger partial charge on any atom is -0.495 e. The van der Waals surface area contributed by atoms with Crippen LogP contribution in [-0.2, 0) is 17.9 Å². The smallest absolute Gasteiger partial charge is 0.234 e. The summed E-state index contributed by atoms with van der Waals surface area (Å²) in [6.45, 7) is 2.80. The van der Waals surface area contributed by atoms with Crippen molar-refractivity contribution in [2.24, 2.45) is 0 Å². The Kier molecular flexibility index (Phi) is 7.84. The van der Waals surface area contributed by atoms with Crippen LogP contribution in [-0.4, -0.2) is 33.5 Å². The fourth-order valence-corrected chi connectivity index (χ4v) is 3.93. The molecule has 1 N–H and O–H groups in total. The standard InChI is InChI=1S/C20H20Cl2N4O3S/c1-3-26-18(11-29-16-9-8-13(21)10-14(16)22)24-25-20(26)30-12-19(27)23-15-6-4-5-7-17(15)28-2/h4-10H,3,11-12H2,1-2H3,(H,23,27). The molecule has 0 radical (unpaired) electrons. The summed E-state index contributed by atoms with van der Waals surface area (Å²) in [4.78, 5) is 12.3. The molecule has 0 saturated heterocycles. The number of benzene rings is 2. The molecule has 0 saturated carbocycles. The van der Waals surface area contributed by atoms with Crippen LogP contribution >= 0.6 is 35.0 Å². The van der Waals surface area contributed by atoms with Crippen molar-refractivity contribution in [1.82, 2.24) is 14.8 Å². The molecule has 0 atom stereocenters. The van der Waals surface area contributed by atoms with Gasteiger partial charge in [0.25, 0.3) is 0 Å². The summed E-state index contributed by atoms with van der Waals surface area (Å²) < 4.78 is 12.9. The van der Waals surface area contributed by atoms with Gasteiger partial charge < -0.3 is 19.4 Å². The molecule has 0 aliphatic rings. The van der Waals surface area contributed by atoms with Gasteiger partial charge in [-0.05, 0) is 37.3 Å². The number of carbonyl (C=O) groups is 1. The van der Waals surface area contributed by atoms with Crippen molar-refractivity contribution in [2.75, 3.05) is 18.2 Å². The molecule has 0 bridgehead atoms. The summed E-state index contributed by atoms with van der Waals surface area (Å²) in [5.74, 6) is 1.77. The van der Waals surface area contributed by atoms with Gasteiger partial charge in [-0.3, -0.25) is 4.79 Å². The molecule has 158 valence electrons. The number of rotatable bonds is 9. The molecule has 0 aliphatic carbocycles. The zero-order chi connectivity index (χ0) is 21.5. The van der Waals surface area contributed by atoms with Gasteiger partial charge >= 0.3 is 0 Å². The summed E-state index contributed by atoms with van der Waals surface area (Å²) in [5, 5.41) is 12.8. The average molecular weight is 467 g/mol. The highest BCUT2D eigenvalue weighted by Crippen LogP contribution is 2.28. The molecule has 3 aromatic rings. The van der Waals surface area contributed by atoms with E-state index in [4.69, 9.17) is 32.7 Å². The third kappa shape index (κ3) is 5.59. The molecule has 1 amide bonds. The number of halogens is 2. The molecule has 30 heavy (non-hydrogen) atoms. The van der Waals surface area contributed by atoms with E-state index < -0.39 is 0 Å². The number of ether oxygens (including phenoxy) is 2. The van der Waals surface area contributed by atoms with Crippen LogP contribution in [0.3, 0.4) is 0 Å². The second-order valence-corrected chi connectivity index (χ2v) is 7.83. The van der Waals surface area contributed by atoms with E-state index in [1.165, 1.54) is 11.8 Å². The number of aromatic nitrogens is 3. The summed E-state index contributed by atoms with van der Waals surface area (Å²) in [6, 6.07) is 12.3.